The van der Waals surface area contributed by atoms with Gasteiger partial charge in [-0.2, -0.15) is 0 Å². The zero-order valence-corrected chi connectivity index (χ0v) is 12.4. The smallest absolute Gasteiger partial charge is 0.312 e. The van der Waals surface area contributed by atoms with Gasteiger partial charge in [-0.3, -0.25) is 4.79 Å². The first kappa shape index (κ1) is 13.2. The second-order valence-corrected chi connectivity index (χ2v) is 6.97. The van der Waals surface area contributed by atoms with Crippen LogP contribution in [0, 0.1) is 23.2 Å². The van der Waals surface area contributed by atoms with Gasteiger partial charge in [0.2, 0.25) is 0 Å². The van der Waals surface area contributed by atoms with Crippen molar-refractivity contribution < 1.29 is 9.53 Å². The molecular formula is C17H26O2. The van der Waals surface area contributed by atoms with Gasteiger partial charge in [0.1, 0.15) is 6.10 Å². The number of rotatable bonds is 1. The maximum Gasteiger partial charge on any atom is 0.312 e. The van der Waals surface area contributed by atoms with Gasteiger partial charge in [-0.25, -0.2) is 0 Å². The van der Waals surface area contributed by atoms with Crippen molar-refractivity contribution in [2.24, 2.45) is 23.2 Å². The molecule has 3 aliphatic rings. The predicted octanol–water partition coefficient (Wildman–Crippen LogP) is 4.10. The normalized spacial score (nSPS) is 45.8. The number of carbonyl (C=O) groups excluding carboxylic acids is 1. The van der Waals surface area contributed by atoms with E-state index in [1.54, 1.807) is 0 Å². The van der Waals surface area contributed by atoms with Gasteiger partial charge in [-0.1, -0.05) is 31.4 Å². The summed E-state index contributed by atoms with van der Waals surface area (Å²) in [6, 6.07) is 0. The van der Waals surface area contributed by atoms with E-state index in [2.05, 4.69) is 26.8 Å². The van der Waals surface area contributed by atoms with Gasteiger partial charge in [0.15, 0.2) is 0 Å². The first-order valence-corrected chi connectivity index (χ1v) is 7.96. The molecule has 0 aromatic rings. The van der Waals surface area contributed by atoms with Crippen LogP contribution in [0.25, 0.3) is 0 Å². The summed E-state index contributed by atoms with van der Waals surface area (Å²) < 4.78 is 5.74. The van der Waals surface area contributed by atoms with Gasteiger partial charge < -0.3 is 4.74 Å². The lowest BCUT2D eigenvalue weighted by molar-refractivity contribution is -0.184. The monoisotopic (exact) mass is 262 g/mol. The lowest BCUT2D eigenvalue weighted by Crippen LogP contribution is -2.54. The summed E-state index contributed by atoms with van der Waals surface area (Å²) in [7, 11) is 0. The van der Waals surface area contributed by atoms with E-state index in [1.165, 1.54) is 31.3 Å². The highest BCUT2D eigenvalue weighted by Crippen LogP contribution is 2.56. The van der Waals surface area contributed by atoms with E-state index < -0.39 is 0 Å². The quantitative estimate of drug-likeness (QED) is 0.525. The van der Waals surface area contributed by atoms with Gasteiger partial charge >= 0.3 is 5.97 Å². The third-order valence-electron chi connectivity index (χ3n) is 6.01. The molecule has 5 atom stereocenters. The van der Waals surface area contributed by atoms with Crippen LogP contribution in [0.5, 0.6) is 0 Å². The lowest BCUT2D eigenvalue weighted by Gasteiger charge is -2.53. The average Bonchev–Trinajstić information content (AvgIpc) is 2.41. The molecule has 1 heterocycles. The minimum atomic E-state index is -0.254. The molecule has 0 radical (unpaired) electrons. The Morgan fingerprint density at radius 2 is 2.11 bits per heavy atom. The number of hydrogen-bond donors (Lipinski definition) is 0. The number of cyclic esters (lactones) is 1. The molecule has 1 aliphatic heterocycles. The fourth-order valence-electron chi connectivity index (χ4n) is 4.85. The van der Waals surface area contributed by atoms with E-state index in [-0.39, 0.29) is 17.5 Å². The third kappa shape index (κ3) is 1.86. The number of ether oxygens (including phenoxy) is 1. The zero-order valence-electron chi connectivity index (χ0n) is 12.4. The van der Waals surface area contributed by atoms with E-state index in [9.17, 15) is 4.79 Å². The molecule has 2 heteroatoms. The van der Waals surface area contributed by atoms with Crippen LogP contribution in [0.15, 0.2) is 11.6 Å². The average molecular weight is 262 g/mol. The summed E-state index contributed by atoms with van der Waals surface area (Å²) in [6.45, 7) is 6.54. The van der Waals surface area contributed by atoms with E-state index in [1.807, 2.05) is 0 Å². The van der Waals surface area contributed by atoms with Gasteiger partial charge in [-0.15, -0.1) is 0 Å². The van der Waals surface area contributed by atoms with Crippen LogP contribution in [-0.2, 0) is 9.53 Å². The zero-order chi connectivity index (χ0) is 13.6. The first-order chi connectivity index (χ1) is 9.07. The Labute approximate surface area is 116 Å². The number of esters is 1. The van der Waals surface area contributed by atoms with E-state index in [0.29, 0.717) is 17.8 Å². The fourth-order valence-corrected chi connectivity index (χ4v) is 4.85. The Balaban J connectivity index is 2.00. The Morgan fingerprint density at radius 3 is 2.84 bits per heavy atom. The van der Waals surface area contributed by atoms with Gasteiger partial charge in [0.05, 0.1) is 5.41 Å². The third-order valence-corrected chi connectivity index (χ3v) is 6.01. The molecule has 2 fully saturated rings. The van der Waals surface area contributed by atoms with Crippen molar-refractivity contribution in [3.8, 4) is 0 Å². The van der Waals surface area contributed by atoms with Crippen molar-refractivity contribution in [2.75, 3.05) is 0 Å². The van der Waals surface area contributed by atoms with Crippen LogP contribution >= 0.6 is 0 Å². The van der Waals surface area contributed by atoms with Crippen LogP contribution < -0.4 is 0 Å². The molecule has 2 aliphatic carbocycles. The maximum atomic E-state index is 12.7. The Kier molecular flexibility index (Phi) is 3.23. The molecule has 1 saturated carbocycles. The van der Waals surface area contributed by atoms with Gasteiger partial charge in [0.25, 0.3) is 0 Å². The Hall–Kier alpha value is -0.790. The van der Waals surface area contributed by atoms with Crippen LogP contribution in [-0.4, -0.2) is 12.1 Å². The topological polar surface area (TPSA) is 26.3 Å². The molecule has 19 heavy (non-hydrogen) atoms. The van der Waals surface area contributed by atoms with Gasteiger partial charge in [0, 0.05) is 0 Å². The molecule has 1 unspecified atom stereocenters. The van der Waals surface area contributed by atoms with Gasteiger partial charge in [-0.05, 0) is 57.3 Å². The number of hydrogen-bond acceptors (Lipinski definition) is 2. The number of allylic oxidation sites excluding steroid dienone is 2. The SMILES string of the molecule is CC[C@@H]1C[C@H]2C(C)=C[C@H]3CCCC[C@@H]3C2(C)C(=O)O1. The Bertz CT molecular complexity index is 411. The van der Waals surface area contributed by atoms with E-state index in [0.717, 1.165) is 12.8 Å². The van der Waals surface area contributed by atoms with Crippen LogP contribution in [0.4, 0.5) is 0 Å². The van der Waals surface area contributed by atoms with Crippen molar-refractivity contribution >= 4 is 5.97 Å². The standard InChI is InChI=1S/C17H26O2/c1-4-13-10-15-11(2)9-12-7-5-6-8-14(12)17(15,3)16(18)19-13/h9,12-15H,4-8,10H2,1-3H3/t12-,13-,14+,15+,17?/m1/s1. The Morgan fingerprint density at radius 1 is 1.37 bits per heavy atom. The first-order valence-electron chi connectivity index (χ1n) is 7.96. The predicted molar refractivity (Wildman–Crippen MR) is 75.6 cm³/mol. The van der Waals surface area contributed by atoms with Crippen LogP contribution in [0.2, 0.25) is 0 Å². The van der Waals surface area contributed by atoms with Crippen LogP contribution in [0.3, 0.4) is 0 Å². The summed E-state index contributed by atoms with van der Waals surface area (Å²) in [5.74, 6) is 1.62. The molecule has 2 nitrogen and oxygen atoms in total. The summed E-state index contributed by atoms with van der Waals surface area (Å²) in [6.07, 6.45) is 9.65. The molecule has 0 bridgehead atoms. The van der Waals surface area contributed by atoms with Crippen molar-refractivity contribution in [1.29, 1.82) is 0 Å². The molecule has 3 rings (SSSR count). The molecule has 0 N–H and O–H groups in total. The molecule has 0 amide bonds. The van der Waals surface area contributed by atoms with Crippen molar-refractivity contribution in [2.45, 2.75) is 65.4 Å². The summed E-state index contributed by atoms with van der Waals surface area (Å²) in [4.78, 5) is 12.7. The summed E-state index contributed by atoms with van der Waals surface area (Å²) in [5, 5.41) is 0. The van der Waals surface area contributed by atoms with Crippen LogP contribution in [0.1, 0.15) is 59.3 Å². The molecule has 1 saturated heterocycles. The van der Waals surface area contributed by atoms with Crippen molar-refractivity contribution in [3.05, 3.63) is 11.6 Å². The minimum Gasteiger partial charge on any atom is -0.462 e. The molecule has 0 aromatic heterocycles. The highest BCUT2D eigenvalue weighted by Gasteiger charge is 2.57. The fraction of sp³-hybridized carbons (Fsp3) is 0.824. The summed E-state index contributed by atoms with van der Waals surface area (Å²) in [5.41, 5.74) is 1.19. The van der Waals surface area contributed by atoms with Crippen molar-refractivity contribution in [1.82, 2.24) is 0 Å². The highest BCUT2D eigenvalue weighted by atomic mass is 16.5. The highest BCUT2D eigenvalue weighted by molar-refractivity contribution is 5.79. The largest absolute Gasteiger partial charge is 0.462 e. The second kappa shape index (κ2) is 4.64. The minimum absolute atomic E-state index is 0.0833. The molecule has 0 spiro atoms. The maximum absolute atomic E-state index is 12.7. The van der Waals surface area contributed by atoms with Crippen molar-refractivity contribution in [3.63, 3.8) is 0 Å². The number of fused-ring (bicyclic) bond motifs is 3. The second-order valence-electron chi connectivity index (χ2n) is 6.97. The van der Waals surface area contributed by atoms with E-state index in [4.69, 9.17) is 4.74 Å². The molecular weight excluding hydrogens is 236 g/mol. The number of carbonyl (C=O) groups is 1. The lowest BCUT2D eigenvalue weighted by atomic mass is 9.53. The molecule has 0 aromatic carbocycles. The summed E-state index contributed by atoms with van der Waals surface area (Å²) >= 11 is 0. The molecule has 106 valence electrons. The van der Waals surface area contributed by atoms with E-state index >= 15 is 0 Å².